The Hall–Kier alpha value is -4.03. The summed E-state index contributed by atoms with van der Waals surface area (Å²) in [5.41, 5.74) is 2.63. The molecule has 1 heterocycles. The summed E-state index contributed by atoms with van der Waals surface area (Å²) < 4.78 is 16.8. The topological polar surface area (TPSA) is 77.8 Å². The van der Waals surface area contributed by atoms with Crippen LogP contribution >= 0.6 is 11.6 Å². The lowest BCUT2D eigenvalue weighted by Crippen LogP contribution is -2.07. The van der Waals surface area contributed by atoms with E-state index in [1.54, 1.807) is 36.4 Å². The predicted molar refractivity (Wildman–Crippen MR) is 143 cm³/mol. The minimum Gasteiger partial charge on any atom is -0.494 e. The van der Waals surface area contributed by atoms with Gasteiger partial charge in [-0.3, -0.25) is 4.79 Å². The lowest BCUT2D eigenvalue weighted by atomic mass is 10.1. The number of hydrogen-bond donors (Lipinski definition) is 1. The monoisotopic (exact) mass is 503 g/mol. The summed E-state index contributed by atoms with van der Waals surface area (Å²) in [5, 5.41) is 4.30. The molecular formula is C29H26ClNO5. The summed E-state index contributed by atoms with van der Waals surface area (Å²) in [6.45, 7) is 2.98. The van der Waals surface area contributed by atoms with Crippen LogP contribution in [0.3, 0.4) is 0 Å². The molecule has 0 aliphatic rings. The molecule has 184 valence electrons. The minimum atomic E-state index is -0.363. The number of carbonyl (C=O) groups excluding carboxylic acids is 1. The highest BCUT2D eigenvalue weighted by Crippen LogP contribution is 2.22. The van der Waals surface area contributed by atoms with Gasteiger partial charge in [0.05, 0.1) is 13.2 Å². The normalized spacial score (nSPS) is 11.1. The van der Waals surface area contributed by atoms with E-state index in [0.29, 0.717) is 35.3 Å². The van der Waals surface area contributed by atoms with Crippen LogP contribution in [0.5, 0.6) is 11.5 Å². The number of anilines is 1. The van der Waals surface area contributed by atoms with Gasteiger partial charge in [-0.2, -0.15) is 0 Å². The Morgan fingerprint density at radius 3 is 2.31 bits per heavy atom. The molecule has 0 saturated heterocycles. The van der Waals surface area contributed by atoms with Crippen molar-refractivity contribution in [3.05, 3.63) is 105 Å². The third kappa shape index (κ3) is 7.23. The molecular weight excluding hydrogens is 478 g/mol. The number of fused-ring (bicyclic) bond motifs is 1. The Balaban J connectivity index is 1.16. The van der Waals surface area contributed by atoms with Crippen LogP contribution in [-0.4, -0.2) is 19.1 Å². The molecule has 6 nitrogen and oxygen atoms in total. The van der Waals surface area contributed by atoms with E-state index in [-0.39, 0.29) is 11.5 Å². The molecule has 1 amide bonds. The maximum atomic E-state index is 12.1. The number of hydrogen-bond acceptors (Lipinski definition) is 5. The molecule has 0 spiro atoms. The Labute approximate surface area is 214 Å². The maximum Gasteiger partial charge on any atom is 0.336 e. The van der Waals surface area contributed by atoms with E-state index in [0.717, 1.165) is 35.1 Å². The fraction of sp³-hybridized carbons (Fsp3) is 0.172. The van der Waals surface area contributed by atoms with Crippen LogP contribution in [0.25, 0.3) is 17.0 Å². The highest BCUT2D eigenvalue weighted by molar-refractivity contribution is 6.30. The highest BCUT2D eigenvalue weighted by Gasteiger charge is 2.04. The first kappa shape index (κ1) is 25.1. The summed E-state index contributed by atoms with van der Waals surface area (Å²) in [5.74, 6) is 1.21. The van der Waals surface area contributed by atoms with Gasteiger partial charge in [0.15, 0.2) is 0 Å². The molecule has 0 fully saturated rings. The number of benzene rings is 3. The number of aryl methyl sites for hydroxylation is 1. The van der Waals surface area contributed by atoms with Crippen molar-refractivity contribution in [2.45, 2.75) is 19.8 Å². The number of rotatable bonds is 10. The SMILES string of the molecule is Cc1cc(=O)oc2cc(OCCCCOc3ccc(/C=C/C(=O)Nc4ccc(Cl)cc4)cc3)ccc12. The molecule has 0 aliphatic carbocycles. The second-order valence-corrected chi connectivity index (χ2v) is 8.65. The van der Waals surface area contributed by atoms with Gasteiger partial charge in [0, 0.05) is 34.3 Å². The largest absolute Gasteiger partial charge is 0.494 e. The van der Waals surface area contributed by atoms with Crippen molar-refractivity contribution >= 4 is 40.2 Å². The van der Waals surface area contributed by atoms with Gasteiger partial charge in [-0.25, -0.2) is 4.79 Å². The molecule has 4 aromatic rings. The molecule has 1 aromatic heterocycles. The number of nitrogens with one attached hydrogen (secondary N) is 1. The molecule has 7 heteroatoms. The zero-order valence-corrected chi connectivity index (χ0v) is 20.6. The van der Waals surface area contributed by atoms with E-state index in [9.17, 15) is 9.59 Å². The quantitative estimate of drug-likeness (QED) is 0.149. The Morgan fingerprint density at radius 1 is 0.917 bits per heavy atom. The van der Waals surface area contributed by atoms with E-state index in [2.05, 4.69) is 5.32 Å². The molecule has 0 aliphatic heterocycles. The average Bonchev–Trinajstić information content (AvgIpc) is 2.86. The second kappa shape index (κ2) is 12.1. The van der Waals surface area contributed by atoms with Crippen LogP contribution in [0.2, 0.25) is 5.02 Å². The van der Waals surface area contributed by atoms with E-state index in [4.69, 9.17) is 25.5 Å². The van der Waals surface area contributed by atoms with E-state index >= 15 is 0 Å². The maximum absolute atomic E-state index is 12.1. The smallest absolute Gasteiger partial charge is 0.336 e. The summed E-state index contributed by atoms with van der Waals surface area (Å²) in [6.07, 6.45) is 4.87. The van der Waals surface area contributed by atoms with E-state index in [1.807, 2.05) is 43.3 Å². The zero-order valence-electron chi connectivity index (χ0n) is 19.8. The predicted octanol–water partition coefficient (Wildman–Crippen LogP) is 6.64. The van der Waals surface area contributed by atoms with E-state index < -0.39 is 0 Å². The van der Waals surface area contributed by atoms with Crippen LogP contribution in [0, 0.1) is 6.92 Å². The fourth-order valence-corrected chi connectivity index (χ4v) is 3.67. The minimum absolute atomic E-state index is 0.219. The zero-order chi connectivity index (χ0) is 25.3. The molecule has 4 rings (SSSR count). The van der Waals surface area contributed by atoms with Crippen LogP contribution in [0.1, 0.15) is 24.0 Å². The van der Waals surface area contributed by atoms with Crippen LogP contribution in [-0.2, 0) is 4.79 Å². The van der Waals surface area contributed by atoms with Crippen molar-refractivity contribution in [2.24, 2.45) is 0 Å². The third-order valence-corrected chi connectivity index (χ3v) is 5.67. The van der Waals surface area contributed by atoms with Crippen molar-refractivity contribution in [1.82, 2.24) is 0 Å². The highest BCUT2D eigenvalue weighted by atomic mass is 35.5. The van der Waals surface area contributed by atoms with Gasteiger partial charge < -0.3 is 19.2 Å². The van der Waals surface area contributed by atoms with Gasteiger partial charge in [0.2, 0.25) is 5.91 Å². The van der Waals surface area contributed by atoms with Crippen molar-refractivity contribution in [2.75, 3.05) is 18.5 Å². The number of halogens is 1. The number of carbonyl (C=O) groups is 1. The lowest BCUT2D eigenvalue weighted by Gasteiger charge is -2.09. The molecule has 1 N–H and O–H groups in total. The summed E-state index contributed by atoms with van der Waals surface area (Å²) in [4.78, 5) is 23.6. The van der Waals surface area contributed by atoms with Gasteiger partial charge in [-0.1, -0.05) is 23.7 Å². The average molecular weight is 504 g/mol. The van der Waals surface area contributed by atoms with Crippen LogP contribution in [0.4, 0.5) is 5.69 Å². The summed E-state index contributed by atoms with van der Waals surface area (Å²) in [7, 11) is 0. The van der Waals surface area contributed by atoms with Crippen molar-refractivity contribution in [3.63, 3.8) is 0 Å². The van der Waals surface area contributed by atoms with Gasteiger partial charge in [-0.05, 0) is 85.5 Å². The molecule has 36 heavy (non-hydrogen) atoms. The van der Waals surface area contributed by atoms with Gasteiger partial charge >= 0.3 is 5.63 Å². The molecule has 0 saturated carbocycles. The fourth-order valence-electron chi connectivity index (χ4n) is 3.54. The number of unbranched alkanes of at least 4 members (excludes halogenated alkanes) is 1. The van der Waals surface area contributed by atoms with Crippen molar-refractivity contribution in [3.8, 4) is 11.5 Å². The van der Waals surface area contributed by atoms with Crippen LogP contribution in [0.15, 0.2) is 88.1 Å². The first-order valence-corrected chi connectivity index (χ1v) is 12.0. The molecule has 3 aromatic carbocycles. The molecule has 0 unspecified atom stereocenters. The number of ether oxygens (including phenoxy) is 2. The van der Waals surface area contributed by atoms with Crippen molar-refractivity contribution < 1.29 is 18.7 Å². The Bertz CT molecular complexity index is 1410. The van der Waals surface area contributed by atoms with Gasteiger partial charge in [0.25, 0.3) is 0 Å². The van der Waals surface area contributed by atoms with Crippen LogP contribution < -0.4 is 20.4 Å². The standard InChI is InChI=1S/C29H26ClNO5/c1-20-18-29(33)36-27-19-25(13-14-26(20)27)35-17-3-2-16-34-24-11-4-21(5-12-24)6-15-28(32)31-23-9-7-22(30)8-10-23/h4-15,18-19H,2-3,16-17H2,1H3,(H,31,32)/b15-6+. The van der Waals surface area contributed by atoms with Gasteiger partial charge in [-0.15, -0.1) is 0 Å². The molecule has 0 bridgehead atoms. The molecule has 0 radical (unpaired) electrons. The molecule has 0 atom stereocenters. The summed E-state index contributed by atoms with van der Waals surface area (Å²) in [6, 6.07) is 21.5. The van der Waals surface area contributed by atoms with E-state index in [1.165, 1.54) is 12.1 Å². The lowest BCUT2D eigenvalue weighted by molar-refractivity contribution is -0.111. The third-order valence-electron chi connectivity index (χ3n) is 5.42. The first-order valence-electron chi connectivity index (χ1n) is 11.6. The van der Waals surface area contributed by atoms with Crippen molar-refractivity contribution in [1.29, 1.82) is 0 Å². The number of amides is 1. The Kier molecular flexibility index (Phi) is 8.42. The summed E-state index contributed by atoms with van der Waals surface area (Å²) >= 11 is 5.85. The Morgan fingerprint density at radius 2 is 1.58 bits per heavy atom. The first-order chi connectivity index (χ1) is 17.5. The second-order valence-electron chi connectivity index (χ2n) is 8.21. The van der Waals surface area contributed by atoms with Gasteiger partial charge in [0.1, 0.15) is 17.1 Å².